The van der Waals surface area contributed by atoms with Crippen LogP contribution in [0.4, 0.5) is 18.9 Å². The van der Waals surface area contributed by atoms with Crippen LogP contribution in [-0.4, -0.2) is 20.9 Å². The van der Waals surface area contributed by atoms with Crippen LogP contribution in [0, 0.1) is 19.2 Å². The molecule has 1 aliphatic heterocycles. The smallest absolute Gasteiger partial charge is 0.264 e. The van der Waals surface area contributed by atoms with Gasteiger partial charge in [0.1, 0.15) is 5.82 Å². The molecule has 0 saturated heterocycles. The third-order valence-electron chi connectivity index (χ3n) is 3.78. The number of hydrogen-bond donors (Lipinski definition) is 0. The van der Waals surface area contributed by atoms with Gasteiger partial charge in [0.25, 0.3) is 15.9 Å². The molecule has 3 nitrogen and oxygen atoms in total. The summed E-state index contributed by atoms with van der Waals surface area (Å²) in [6.07, 6.45) is 1.19. The van der Waals surface area contributed by atoms with Crippen molar-refractivity contribution < 1.29 is 21.6 Å². The molecule has 126 valence electrons. The van der Waals surface area contributed by atoms with Crippen molar-refractivity contribution in [2.75, 3.05) is 10.8 Å². The van der Waals surface area contributed by atoms with Crippen molar-refractivity contribution in [2.24, 2.45) is 0 Å². The minimum Gasteiger partial charge on any atom is -0.266 e. The number of nitrogens with zero attached hydrogens (tertiary/aromatic N) is 1. The van der Waals surface area contributed by atoms with Crippen molar-refractivity contribution in [3.05, 3.63) is 65.8 Å². The maximum atomic E-state index is 13.8. The Bertz CT molecular complexity index is 864. The highest BCUT2D eigenvalue weighted by Crippen LogP contribution is 2.38. The first-order valence-electron chi connectivity index (χ1n) is 7.24. The third kappa shape index (κ3) is 3.13. The minimum absolute atomic E-state index is 0.00542. The van der Waals surface area contributed by atoms with Crippen LogP contribution in [0.5, 0.6) is 0 Å². The zero-order valence-electron chi connectivity index (χ0n) is 12.8. The fourth-order valence-electron chi connectivity index (χ4n) is 2.53. The Balaban J connectivity index is 2.12. The molecule has 24 heavy (non-hydrogen) atoms. The summed E-state index contributed by atoms with van der Waals surface area (Å²) in [6, 6.07) is 9.19. The molecular weight excluding hydrogens is 339 g/mol. The van der Waals surface area contributed by atoms with Gasteiger partial charge in [-0.1, -0.05) is 17.7 Å². The molecule has 1 heterocycles. The molecule has 0 amide bonds. The van der Waals surface area contributed by atoms with E-state index in [1.165, 1.54) is 18.2 Å². The lowest BCUT2D eigenvalue weighted by Gasteiger charge is -2.24. The summed E-state index contributed by atoms with van der Waals surface area (Å²) in [5, 5.41) is 0. The number of anilines is 1. The predicted octanol–water partition coefficient (Wildman–Crippen LogP) is 3.80. The number of benzene rings is 2. The van der Waals surface area contributed by atoms with Crippen LogP contribution in [0.15, 0.2) is 47.4 Å². The van der Waals surface area contributed by atoms with Gasteiger partial charge in [-0.3, -0.25) is 4.31 Å². The van der Waals surface area contributed by atoms with E-state index in [-0.39, 0.29) is 16.1 Å². The van der Waals surface area contributed by atoms with Gasteiger partial charge in [-0.25, -0.2) is 21.6 Å². The van der Waals surface area contributed by atoms with E-state index in [4.69, 9.17) is 0 Å². The van der Waals surface area contributed by atoms with Crippen molar-refractivity contribution in [1.29, 1.82) is 0 Å². The Morgan fingerprint density at radius 1 is 1.12 bits per heavy atom. The molecule has 0 N–H and O–H groups in total. The van der Waals surface area contributed by atoms with Crippen molar-refractivity contribution in [3.8, 4) is 0 Å². The van der Waals surface area contributed by atoms with E-state index in [2.05, 4.69) is 0 Å². The number of halogens is 3. The van der Waals surface area contributed by atoms with Crippen LogP contribution >= 0.6 is 0 Å². The Kier molecular flexibility index (Phi) is 4.07. The van der Waals surface area contributed by atoms with E-state index in [1.54, 1.807) is 12.1 Å². The number of aryl methyl sites for hydroxylation is 1. The summed E-state index contributed by atoms with van der Waals surface area (Å²) in [7, 11) is -4.04. The van der Waals surface area contributed by atoms with Crippen LogP contribution in [-0.2, 0) is 10.0 Å². The van der Waals surface area contributed by atoms with Gasteiger partial charge in [0.15, 0.2) is 0 Å². The van der Waals surface area contributed by atoms with E-state index in [1.807, 2.05) is 13.3 Å². The molecular formula is C17H14F3NO2S. The minimum atomic E-state index is -4.04. The average Bonchev–Trinajstić information content (AvgIpc) is 2.62. The number of hydrogen-bond acceptors (Lipinski definition) is 2. The predicted molar refractivity (Wildman–Crippen MR) is 84.0 cm³/mol. The lowest BCUT2D eigenvalue weighted by atomic mass is 10.1. The van der Waals surface area contributed by atoms with Crippen LogP contribution in [0.1, 0.15) is 17.5 Å². The number of rotatable bonds is 2. The van der Waals surface area contributed by atoms with Crippen molar-refractivity contribution in [1.82, 2.24) is 0 Å². The lowest BCUT2D eigenvalue weighted by molar-refractivity contribution is 0.0356. The molecule has 2 aromatic carbocycles. The SMILES string of the molecule is Cc1ccc(S(=O)(=O)N2CCC(F)(F)[C]c3cc(F)ccc32)cc1. The molecule has 0 unspecified atom stereocenters. The van der Waals surface area contributed by atoms with E-state index < -0.39 is 34.7 Å². The van der Waals surface area contributed by atoms with Gasteiger partial charge in [-0.15, -0.1) is 0 Å². The van der Waals surface area contributed by atoms with E-state index >= 15 is 0 Å². The van der Waals surface area contributed by atoms with Crippen molar-refractivity contribution >= 4 is 15.7 Å². The van der Waals surface area contributed by atoms with Gasteiger partial charge in [0.2, 0.25) is 0 Å². The highest BCUT2D eigenvalue weighted by molar-refractivity contribution is 7.92. The van der Waals surface area contributed by atoms with E-state index in [0.717, 1.165) is 22.0 Å². The van der Waals surface area contributed by atoms with Crippen molar-refractivity contribution in [2.45, 2.75) is 24.2 Å². The van der Waals surface area contributed by atoms with Crippen LogP contribution in [0.2, 0.25) is 0 Å². The molecule has 0 atom stereocenters. The zero-order chi connectivity index (χ0) is 17.5. The van der Waals surface area contributed by atoms with Gasteiger partial charge >= 0.3 is 0 Å². The quantitative estimate of drug-likeness (QED) is 0.824. The second-order valence-electron chi connectivity index (χ2n) is 5.63. The fourth-order valence-corrected chi connectivity index (χ4v) is 4.02. The molecule has 2 aromatic rings. The Hall–Kier alpha value is -2.02. The highest BCUT2D eigenvalue weighted by Gasteiger charge is 2.39. The van der Waals surface area contributed by atoms with Crippen LogP contribution < -0.4 is 4.31 Å². The molecule has 3 rings (SSSR count). The topological polar surface area (TPSA) is 37.4 Å². The van der Waals surface area contributed by atoms with Crippen molar-refractivity contribution in [3.63, 3.8) is 0 Å². The van der Waals surface area contributed by atoms with Crippen LogP contribution in [0.25, 0.3) is 0 Å². The molecule has 2 radical (unpaired) electrons. The third-order valence-corrected chi connectivity index (χ3v) is 5.61. The van der Waals surface area contributed by atoms with Gasteiger partial charge in [0.05, 0.1) is 17.0 Å². The molecule has 7 heteroatoms. The molecule has 0 bridgehead atoms. The lowest BCUT2D eigenvalue weighted by Crippen LogP contribution is -2.33. The standard InChI is InChI=1S/C17H14F3NO2S/c1-12-2-5-15(6-3-12)24(22,23)21-9-8-17(19,20)11-13-10-14(18)4-7-16(13)21/h2-7,10H,8-9H2,1H3. The maximum absolute atomic E-state index is 13.8. The first-order valence-corrected chi connectivity index (χ1v) is 8.68. The molecule has 1 aliphatic rings. The molecule has 0 saturated carbocycles. The average molecular weight is 353 g/mol. The maximum Gasteiger partial charge on any atom is 0.264 e. The molecule has 0 spiro atoms. The first kappa shape index (κ1) is 16.8. The number of fused-ring (bicyclic) bond motifs is 1. The number of sulfonamides is 1. The summed E-state index contributed by atoms with van der Waals surface area (Å²) in [5.74, 6) is -4.06. The molecule has 0 aromatic heterocycles. The summed E-state index contributed by atoms with van der Waals surface area (Å²) < 4.78 is 67.7. The highest BCUT2D eigenvalue weighted by atomic mass is 32.2. The summed E-state index contributed by atoms with van der Waals surface area (Å²) >= 11 is 0. The van der Waals surface area contributed by atoms with Gasteiger partial charge in [-0.05, 0) is 42.8 Å². The van der Waals surface area contributed by atoms with Gasteiger partial charge < -0.3 is 0 Å². The monoisotopic (exact) mass is 353 g/mol. The second-order valence-corrected chi connectivity index (χ2v) is 7.49. The fraction of sp³-hybridized carbons (Fsp3) is 0.235. The molecule has 0 aliphatic carbocycles. The van der Waals surface area contributed by atoms with Gasteiger partial charge in [-0.2, -0.15) is 0 Å². The first-order chi connectivity index (χ1) is 11.2. The normalized spacial score (nSPS) is 17.2. The Labute approximate surface area is 138 Å². The number of alkyl halides is 2. The summed E-state index contributed by atoms with van der Waals surface area (Å²) in [4.78, 5) is -0.00593. The molecule has 0 fully saturated rings. The zero-order valence-corrected chi connectivity index (χ0v) is 13.6. The summed E-state index contributed by atoms with van der Waals surface area (Å²) in [5.41, 5.74) is 0.614. The second kappa shape index (κ2) is 5.81. The van der Waals surface area contributed by atoms with E-state index in [0.29, 0.717) is 0 Å². The van der Waals surface area contributed by atoms with Crippen LogP contribution in [0.3, 0.4) is 0 Å². The largest absolute Gasteiger partial charge is 0.266 e. The Morgan fingerprint density at radius 3 is 2.46 bits per heavy atom. The van der Waals surface area contributed by atoms with Gasteiger partial charge in [0, 0.05) is 13.0 Å². The Morgan fingerprint density at radius 2 is 1.79 bits per heavy atom. The van der Waals surface area contributed by atoms with E-state index in [9.17, 15) is 21.6 Å². The summed E-state index contributed by atoms with van der Waals surface area (Å²) in [6.45, 7) is 1.39.